The Labute approximate surface area is 361 Å². The van der Waals surface area contributed by atoms with Crippen LogP contribution in [0.3, 0.4) is 0 Å². The van der Waals surface area contributed by atoms with Crippen LogP contribution in [0.1, 0.15) is 164 Å². The molecule has 2 aliphatic heterocycles. The Hall–Kier alpha value is 0.620. The van der Waals surface area contributed by atoms with Crippen molar-refractivity contribution in [2.24, 2.45) is 116 Å². The lowest BCUT2D eigenvalue weighted by Gasteiger charge is -2.56. The summed E-state index contributed by atoms with van der Waals surface area (Å²) in [7, 11) is -3.16. The maximum Gasteiger partial charge on any atom is 0.333 e. The molecule has 0 bridgehead atoms. The van der Waals surface area contributed by atoms with Crippen LogP contribution in [-0.2, 0) is 27.1 Å². The van der Waals surface area contributed by atoms with Gasteiger partial charge in [0.25, 0.3) is 0 Å². The molecule has 0 N–H and O–H groups in total. The van der Waals surface area contributed by atoms with Crippen molar-refractivity contribution in [1.82, 2.24) is 0 Å². The van der Waals surface area contributed by atoms with E-state index in [2.05, 4.69) is 138 Å². The van der Waals surface area contributed by atoms with Gasteiger partial charge in [-0.05, 0) is 142 Å². The Balaban J connectivity index is 1.27. The molecule has 2 saturated heterocycles. The van der Waals surface area contributed by atoms with Gasteiger partial charge in [-0.25, -0.2) is 0 Å². The van der Waals surface area contributed by atoms with Crippen LogP contribution in [0.25, 0.3) is 0 Å². The molecule has 6 rings (SSSR count). The molecule has 6 fully saturated rings. The van der Waals surface area contributed by atoms with Crippen LogP contribution in [0.4, 0.5) is 0 Å². The van der Waals surface area contributed by atoms with Gasteiger partial charge in [0.1, 0.15) is 0 Å². The van der Waals surface area contributed by atoms with Crippen molar-refractivity contribution >= 4 is 17.2 Å². The molecule has 0 spiro atoms. The standard InChI is InChI=1S/C50H92O6P2/c1-27-23-35(47(9,10)11)43-39(31(27)5)40-32(6)28(2)24-36(48(12,13)14)44(40)54-57(53-43)51-21-22-52-58-55-45-37(49(15,16)17)25-29(3)33(7)41(45)42-34(8)30(4)26-38(46(42)56-58)50(18,19)20/h27-46H,21-26H2,1-20H3/t27-,28?,29-,30?,31-,32?,33-,34?,35?,36-,37?,38-,39?,40?,41?,42?,43?,44?,45?,46?,57?,58?/m1/s1. The molecule has 0 radical (unpaired) electrons. The molecule has 338 valence electrons. The summed E-state index contributed by atoms with van der Waals surface area (Å²) >= 11 is 0. The van der Waals surface area contributed by atoms with Crippen molar-refractivity contribution in [1.29, 1.82) is 0 Å². The van der Waals surface area contributed by atoms with Crippen LogP contribution in [0.2, 0.25) is 0 Å². The highest BCUT2D eigenvalue weighted by molar-refractivity contribution is 7.42. The first-order valence-electron chi connectivity index (χ1n) is 24.2. The summed E-state index contributed by atoms with van der Waals surface area (Å²) in [6, 6.07) is 0. The fourth-order valence-electron chi connectivity index (χ4n) is 13.8. The zero-order chi connectivity index (χ0) is 43.2. The van der Waals surface area contributed by atoms with Crippen molar-refractivity contribution in [3.63, 3.8) is 0 Å². The molecule has 0 aromatic carbocycles. The summed E-state index contributed by atoms with van der Waals surface area (Å²) in [5.74, 6) is 8.39. The fourth-order valence-corrected chi connectivity index (χ4v) is 16.6. The van der Waals surface area contributed by atoms with E-state index in [0.717, 1.165) is 0 Å². The molecule has 22 atom stereocenters. The zero-order valence-corrected chi connectivity index (χ0v) is 42.9. The number of fused-ring (bicyclic) bond motifs is 6. The molecule has 4 saturated carbocycles. The second kappa shape index (κ2) is 17.5. The second-order valence-electron chi connectivity index (χ2n) is 25.9. The van der Waals surface area contributed by atoms with Gasteiger partial charge in [0.05, 0.1) is 37.6 Å². The van der Waals surface area contributed by atoms with Crippen LogP contribution < -0.4 is 0 Å². The van der Waals surface area contributed by atoms with Gasteiger partial charge in [0, 0.05) is 0 Å². The lowest BCUT2D eigenvalue weighted by Crippen LogP contribution is -2.56. The van der Waals surface area contributed by atoms with E-state index in [1.54, 1.807) is 0 Å². The third-order valence-electron chi connectivity index (χ3n) is 18.3. The average molecular weight is 851 g/mol. The van der Waals surface area contributed by atoms with Crippen molar-refractivity contribution in [3.05, 3.63) is 0 Å². The Morgan fingerprint density at radius 1 is 0.362 bits per heavy atom. The van der Waals surface area contributed by atoms with Crippen LogP contribution in [0.5, 0.6) is 0 Å². The molecule has 0 aromatic rings. The van der Waals surface area contributed by atoms with E-state index in [4.69, 9.17) is 27.1 Å². The van der Waals surface area contributed by atoms with Crippen LogP contribution in [0, 0.1) is 116 Å². The van der Waals surface area contributed by atoms with E-state index in [1.807, 2.05) is 0 Å². The Morgan fingerprint density at radius 3 is 0.724 bits per heavy atom. The highest BCUT2D eigenvalue weighted by Gasteiger charge is 2.61. The highest BCUT2D eigenvalue weighted by atomic mass is 31.2. The minimum atomic E-state index is -1.58. The molecule has 16 unspecified atom stereocenters. The SMILES string of the molecule is CC1C[C@@H](C(C)(C)C)C2OP(OCCOP3OC4C(C5C(C)C(C)C[C@@H](C(C)(C)C)C5O3)[C@H](C)[C@H](C)CC4C(C)(C)C)OC3C(C2C1C)[C@H](C)[C@H](C)CC3C(C)(C)C. The van der Waals surface area contributed by atoms with E-state index in [-0.39, 0.29) is 46.1 Å². The van der Waals surface area contributed by atoms with E-state index < -0.39 is 17.2 Å². The first-order valence-corrected chi connectivity index (χ1v) is 26.3. The van der Waals surface area contributed by atoms with E-state index in [9.17, 15) is 0 Å². The molecular formula is C50H92O6P2. The highest BCUT2D eigenvalue weighted by Crippen LogP contribution is 2.66. The van der Waals surface area contributed by atoms with Gasteiger partial charge in [0.15, 0.2) is 0 Å². The first-order chi connectivity index (χ1) is 26.6. The largest absolute Gasteiger partial charge is 0.333 e. The normalized spacial score (nSPS) is 49.4. The van der Waals surface area contributed by atoms with Crippen LogP contribution in [-0.4, -0.2) is 37.6 Å². The molecule has 0 amide bonds. The molecule has 58 heavy (non-hydrogen) atoms. The van der Waals surface area contributed by atoms with Crippen LogP contribution >= 0.6 is 17.2 Å². The summed E-state index contributed by atoms with van der Waals surface area (Å²) in [6.07, 6.45) is 5.20. The van der Waals surface area contributed by atoms with Gasteiger partial charge >= 0.3 is 17.2 Å². The molecule has 8 heteroatoms. The average Bonchev–Trinajstić information content (AvgIpc) is 3.36. The maximum atomic E-state index is 7.32. The lowest BCUT2D eigenvalue weighted by atomic mass is 9.51. The third kappa shape index (κ3) is 9.52. The topological polar surface area (TPSA) is 55.4 Å². The van der Waals surface area contributed by atoms with Crippen molar-refractivity contribution < 1.29 is 27.1 Å². The molecule has 0 aromatic heterocycles. The van der Waals surface area contributed by atoms with E-state index in [1.165, 1.54) is 25.7 Å². The molecule has 6 nitrogen and oxygen atoms in total. The number of rotatable bonds is 5. The van der Waals surface area contributed by atoms with Gasteiger partial charge in [-0.3, -0.25) is 0 Å². The summed E-state index contributed by atoms with van der Waals surface area (Å²) in [5, 5.41) is 0. The van der Waals surface area contributed by atoms with Crippen LogP contribution in [0.15, 0.2) is 0 Å². The minimum Gasteiger partial charge on any atom is -0.310 e. The van der Waals surface area contributed by atoms with E-state index >= 15 is 0 Å². The maximum absolute atomic E-state index is 7.32. The van der Waals surface area contributed by atoms with E-state index in [0.29, 0.717) is 108 Å². The number of hydrogen-bond donors (Lipinski definition) is 0. The first kappa shape index (κ1) is 48.1. The number of hydrogen-bond acceptors (Lipinski definition) is 6. The van der Waals surface area contributed by atoms with Gasteiger partial charge < -0.3 is 27.1 Å². The van der Waals surface area contributed by atoms with Gasteiger partial charge in [-0.15, -0.1) is 0 Å². The molecule has 2 heterocycles. The second-order valence-corrected chi connectivity index (χ2v) is 28.1. The quantitative estimate of drug-likeness (QED) is 0.203. The zero-order valence-electron chi connectivity index (χ0n) is 41.1. The van der Waals surface area contributed by atoms with Gasteiger partial charge in [0.2, 0.25) is 0 Å². The Kier molecular flexibility index (Phi) is 14.5. The van der Waals surface area contributed by atoms with Gasteiger partial charge in [-0.2, -0.15) is 0 Å². The van der Waals surface area contributed by atoms with Crippen molar-refractivity contribution in [2.45, 2.75) is 189 Å². The van der Waals surface area contributed by atoms with Crippen molar-refractivity contribution in [2.75, 3.05) is 13.2 Å². The minimum absolute atomic E-state index is 0.114. The summed E-state index contributed by atoms with van der Waals surface area (Å²) in [5.41, 5.74) is 0.497. The summed E-state index contributed by atoms with van der Waals surface area (Å²) in [6.45, 7) is 49.9. The third-order valence-corrected chi connectivity index (χ3v) is 20.7. The Bertz CT molecular complexity index is 1170. The summed E-state index contributed by atoms with van der Waals surface area (Å²) in [4.78, 5) is 0. The predicted molar refractivity (Wildman–Crippen MR) is 243 cm³/mol. The van der Waals surface area contributed by atoms with Gasteiger partial charge in [-0.1, -0.05) is 138 Å². The molecule has 6 aliphatic rings. The molecule has 4 aliphatic carbocycles. The smallest absolute Gasteiger partial charge is 0.310 e. The van der Waals surface area contributed by atoms with Crippen molar-refractivity contribution in [3.8, 4) is 0 Å². The lowest BCUT2D eigenvalue weighted by molar-refractivity contribution is -0.123. The monoisotopic (exact) mass is 851 g/mol. The predicted octanol–water partition coefficient (Wildman–Crippen LogP) is 14.9. The fraction of sp³-hybridized carbons (Fsp3) is 1.00. The summed E-state index contributed by atoms with van der Waals surface area (Å²) < 4.78 is 43.0. The molecular weight excluding hydrogens is 758 g/mol. The Morgan fingerprint density at radius 2 is 0.552 bits per heavy atom.